The van der Waals surface area contributed by atoms with Crippen molar-refractivity contribution in [1.29, 1.82) is 0 Å². The highest BCUT2D eigenvalue weighted by molar-refractivity contribution is 5.85. The summed E-state index contributed by atoms with van der Waals surface area (Å²) in [6, 6.07) is 0.205. The van der Waals surface area contributed by atoms with E-state index < -0.39 is 11.9 Å². The molecule has 0 aromatic carbocycles. The lowest BCUT2D eigenvalue weighted by Gasteiger charge is -2.25. The fraction of sp³-hybridized carbons (Fsp3) is 0.889. The Morgan fingerprint density at radius 1 is 1.64 bits per heavy atom. The number of aliphatic carboxylic acids is 1. The maximum Gasteiger partial charge on any atom is 0.308 e. The number of ether oxygens (including phenoxy) is 1. The van der Waals surface area contributed by atoms with Crippen LogP contribution >= 0.6 is 12.4 Å². The Morgan fingerprint density at radius 3 is 2.64 bits per heavy atom. The Bertz CT molecular complexity index is 183. The Kier molecular flexibility index (Phi) is 6.08. The van der Waals surface area contributed by atoms with Gasteiger partial charge in [-0.1, -0.05) is 0 Å². The number of hydrogen-bond acceptors (Lipinski definition) is 3. The van der Waals surface area contributed by atoms with Crippen molar-refractivity contribution in [2.45, 2.75) is 31.9 Å². The Labute approximate surface area is 90.4 Å². The average Bonchev–Trinajstić information content (AvgIpc) is 2.58. The fourth-order valence-electron chi connectivity index (χ4n) is 1.85. The summed E-state index contributed by atoms with van der Waals surface area (Å²) >= 11 is 0. The van der Waals surface area contributed by atoms with Crippen LogP contribution in [0.15, 0.2) is 0 Å². The van der Waals surface area contributed by atoms with Gasteiger partial charge in [0.1, 0.15) is 0 Å². The summed E-state index contributed by atoms with van der Waals surface area (Å²) in [6.07, 6.45) is 1.91. The van der Waals surface area contributed by atoms with Gasteiger partial charge in [0.15, 0.2) is 0 Å². The summed E-state index contributed by atoms with van der Waals surface area (Å²) in [5.41, 5.74) is 0. The van der Waals surface area contributed by atoms with Crippen LogP contribution in [0.2, 0.25) is 0 Å². The predicted octanol–water partition coefficient (Wildman–Crippen LogP) is 0.896. The molecule has 1 fully saturated rings. The van der Waals surface area contributed by atoms with Crippen molar-refractivity contribution in [2.24, 2.45) is 5.92 Å². The zero-order valence-corrected chi connectivity index (χ0v) is 9.34. The molecule has 2 N–H and O–H groups in total. The highest BCUT2D eigenvalue weighted by Gasteiger charge is 2.32. The van der Waals surface area contributed by atoms with Crippen LogP contribution in [0.4, 0.5) is 0 Å². The molecule has 0 radical (unpaired) electrons. The number of carbonyl (C=O) groups is 1. The molecule has 1 saturated heterocycles. The molecule has 84 valence electrons. The molecular formula is C9H18ClNO3. The molecule has 1 aliphatic rings. The number of nitrogens with one attached hydrogen (secondary N) is 1. The van der Waals surface area contributed by atoms with Crippen LogP contribution in [-0.4, -0.2) is 36.9 Å². The van der Waals surface area contributed by atoms with Gasteiger partial charge >= 0.3 is 5.97 Å². The SMILES string of the molecule is CO[C@H]([C@@H]1CCCN1)[C@H](C)C(=O)O.Cl. The fourth-order valence-corrected chi connectivity index (χ4v) is 1.85. The standard InChI is InChI=1S/C9H17NO3.ClH/c1-6(9(11)12)8(13-2)7-4-3-5-10-7;/h6-8,10H,3-5H2,1-2H3,(H,11,12);1H/t6-,7-,8-;/m0./s1. The number of methoxy groups -OCH3 is 1. The second kappa shape index (κ2) is 6.22. The first-order valence-corrected chi connectivity index (χ1v) is 4.65. The molecule has 0 amide bonds. The summed E-state index contributed by atoms with van der Waals surface area (Å²) < 4.78 is 5.21. The van der Waals surface area contributed by atoms with Gasteiger partial charge in [0.05, 0.1) is 12.0 Å². The van der Waals surface area contributed by atoms with Gasteiger partial charge in [-0.25, -0.2) is 0 Å². The second-order valence-corrected chi connectivity index (χ2v) is 3.53. The van der Waals surface area contributed by atoms with Gasteiger partial charge in [-0.15, -0.1) is 12.4 Å². The first kappa shape index (κ1) is 13.7. The Balaban J connectivity index is 0.00000169. The van der Waals surface area contributed by atoms with Crippen LogP contribution in [0.25, 0.3) is 0 Å². The van der Waals surface area contributed by atoms with Gasteiger partial charge in [-0.3, -0.25) is 4.79 Å². The lowest BCUT2D eigenvalue weighted by atomic mass is 9.97. The number of rotatable bonds is 4. The molecule has 5 heteroatoms. The molecule has 0 aliphatic carbocycles. The minimum Gasteiger partial charge on any atom is -0.481 e. The highest BCUT2D eigenvalue weighted by atomic mass is 35.5. The average molecular weight is 224 g/mol. The van der Waals surface area contributed by atoms with Gasteiger partial charge < -0.3 is 15.2 Å². The second-order valence-electron chi connectivity index (χ2n) is 3.53. The third-order valence-electron chi connectivity index (χ3n) is 2.65. The maximum atomic E-state index is 10.7. The summed E-state index contributed by atoms with van der Waals surface area (Å²) in [6.45, 7) is 2.66. The molecule has 4 nitrogen and oxygen atoms in total. The van der Waals surface area contributed by atoms with Gasteiger partial charge in [0.2, 0.25) is 0 Å². The van der Waals surface area contributed by atoms with Crippen LogP contribution in [0.5, 0.6) is 0 Å². The largest absolute Gasteiger partial charge is 0.481 e. The quantitative estimate of drug-likeness (QED) is 0.744. The first-order chi connectivity index (χ1) is 6.16. The minimum absolute atomic E-state index is 0. The van der Waals surface area contributed by atoms with Crippen molar-refractivity contribution in [3.8, 4) is 0 Å². The van der Waals surface area contributed by atoms with Crippen molar-refractivity contribution in [2.75, 3.05) is 13.7 Å². The van der Waals surface area contributed by atoms with E-state index in [0.717, 1.165) is 19.4 Å². The molecule has 0 aromatic heterocycles. The van der Waals surface area contributed by atoms with Crippen molar-refractivity contribution < 1.29 is 14.6 Å². The number of hydrogen-bond donors (Lipinski definition) is 2. The molecule has 0 spiro atoms. The summed E-state index contributed by atoms with van der Waals surface area (Å²) in [5, 5.41) is 12.1. The molecule has 0 unspecified atom stereocenters. The normalized spacial score (nSPS) is 25.1. The number of carboxylic acid groups (broad SMARTS) is 1. The van der Waals surface area contributed by atoms with E-state index in [2.05, 4.69) is 5.32 Å². The highest BCUT2D eigenvalue weighted by Crippen LogP contribution is 2.18. The summed E-state index contributed by atoms with van der Waals surface area (Å²) in [4.78, 5) is 10.7. The van der Waals surface area contributed by atoms with E-state index in [-0.39, 0.29) is 24.6 Å². The molecule has 3 atom stereocenters. The first-order valence-electron chi connectivity index (χ1n) is 4.65. The van der Waals surface area contributed by atoms with Crippen LogP contribution in [0.1, 0.15) is 19.8 Å². The van der Waals surface area contributed by atoms with Crippen LogP contribution < -0.4 is 5.32 Å². The monoisotopic (exact) mass is 223 g/mol. The van der Waals surface area contributed by atoms with Crippen LogP contribution in [-0.2, 0) is 9.53 Å². The third kappa shape index (κ3) is 3.12. The van der Waals surface area contributed by atoms with Gasteiger partial charge in [-0.05, 0) is 26.3 Å². The van der Waals surface area contributed by atoms with Crippen molar-refractivity contribution in [3.05, 3.63) is 0 Å². The maximum absolute atomic E-state index is 10.7. The molecule has 1 aliphatic heterocycles. The van der Waals surface area contributed by atoms with E-state index in [1.54, 1.807) is 14.0 Å². The lowest BCUT2D eigenvalue weighted by molar-refractivity contribution is -0.146. The minimum atomic E-state index is -0.791. The molecule has 0 bridgehead atoms. The zero-order valence-electron chi connectivity index (χ0n) is 8.53. The van der Waals surface area contributed by atoms with Crippen LogP contribution in [0, 0.1) is 5.92 Å². The number of carboxylic acids is 1. The molecule has 0 saturated carbocycles. The number of halogens is 1. The topological polar surface area (TPSA) is 58.6 Å². The molecule has 14 heavy (non-hydrogen) atoms. The van der Waals surface area contributed by atoms with Gasteiger partial charge in [-0.2, -0.15) is 0 Å². The smallest absolute Gasteiger partial charge is 0.308 e. The molecular weight excluding hydrogens is 206 g/mol. The lowest BCUT2D eigenvalue weighted by Crippen LogP contribution is -2.43. The van der Waals surface area contributed by atoms with E-state index in [1.807, 2.05) is 0 Å². The van der Waals surface area contributed by atoms with Crippen molar-refractivity contribution >= 4 is 18.4 Å². The van der Waals surface area contributed by atoms with E-state index in [1.165, 1.54) is 0 Å². The van der Waals surface area contributed by atoms with Crippen LogP contribution in [0.3, 0.4) is 0 Å². The zero-order chi connectivity index (χ0) is 9.84. The molecule has 1 rings (SSSR count). The van der Waals surface area contributed by atoms with Gasteiger partial charge in [0.25, 0.3) is 0 Å². The van der Waals surface area contributed by atoms with Crippen molar-refractivity contribution in [1.82, 2.24) is 5.32 Å². The summed E-state index contributed by atoms with van der Waals surface area (Å²) in [7, 11) is 1.57. The van der Waals surface area contributed by atoms with Gasteiger partial charge in [0, 0.05) is 13.2 Å². The van der Waals surface area contributed by atoms with E-state index >= 15 is 0 Å². The Morgan fingerprint density at radius 2 is 2.29 bits per heavy atom. The predicted molar refractivity (Wildman–Crippen MR) is 55.9 cm³/mol. The van der Waals surface area contributed by atoms with E-state index in [9.17, 15) is 4.79 Å². The summed E-state index contributed by atoms with van der Waals surface area (Å²) in [5.74, 6) is -1.24. The van der Waals surface area contributed by atoms with E-state index in [4.69, 9.17) is 9.84 Å². The van der Waals surface area contributed by atoms with E-state index in [0.29, 0.717) is 0 Å². The van der Waals surface area contributed by atoms with Crippen molar-refractivity contribution in [3.63, 3.8) is 0 Å². The molecule has 1 heterocycles. The third-order valence-corrected chi connectivity index (χ3v) is 2.65. The Hall–Kier alpha value is -0.320. The molecule has 0 aromatic rings.